The van der Waals surface area contributed by atoms with Crippen molar-refractivity contribution in [1.82, 2.24) is 10.1 Å². The fourth-order valence-electron chi connectivity index (χ4n) is 1.05. The van der Waals surface area contributed by atoms with Crippen LogP contribution in [0.15, 0.2) is 20.9 Å². The first kappa shape index (κ1) is 11.2. The van der Waals surface area contributed by atoms with Crippen molar-refractivity contribution in [3.63, 3.8) is 0 Å². The summed E-state index contributed by atoms with van der Waals surface area (Å²) in [6.07, 6.45) is 0. The first-order valence-electron chi connectivity index (χ1n) is 4.39. The summed E-state index contributed by atoms with van der Waals surface area (Å²) < 4.78 is 4.83. The van der Waals surface area contributed by atoms with Crippen LogP contribution in [-0.4, -0.2) is 21.2 Å². The van der Waals surface area contributed by atoms with Gasteiger partial charge in [0.2, 0.25) is 5.89 Å². The lowest BCUT2D eigenvalue weighted by Crippen LogP contribution is -1.89. The van der Waals surface area contributed by atoms with E-state index in [4.69, 9.17) is 9.63 Å². The number of thiophene rings is 1. The van der Waals surface area contributed by atoms with Crippen molar-refractivity contribution in [2.75, 3.05) is 0 Å². The number of nitrogens with zero attached hydrogens (tertiary/aromatic N) is 2. The molecule has 0 unspecified atom stereocenters. The van der Waals surface area contributed by atoms with E-state index in [9.17, 15) is 4.79 Å². The maximum Gasteiger partial charge on any atom is 0.345 e. The Morgan fingerprint density at radius 2 is 2.50 bits per heavy atom. The first-order chi connectivity index (χ1) is 7.65. The van der Waals surface area contributed by atoms with Gasteiger partial charge in [-0.15, -0.1) is 23.1 Å². The number of carbonyl (C=O) groups is 1. The fraction of sp³-hybridized carbons (Fsp3) is 0.222. The molecule has 0 aliphatic heterocycles. The van der Waals surface area contributed by atoms with Gasteiger partial charge >= 0.3 is 5.97 Å². The van der Waals surface area contributed by atoms with Gasteiger partial charge in [-0.1, -0.05) is 5.16 Å². The second kappa shape index (κ2) is 4.67. The summed E-state index contributed by atoms with van der Waals surface area (Å²) in [5.41, 5.74) is 0. The normalized spacial score (nSPS) is 10.6. The third-order valence-corrected chi connectivity index (χ3v) is 3.76. The molecule has 0 aliphatic carbocycles. The van der Waals surface area contributed by atoms with Crippen LogP contribution >= 0.6 is 23.1 Å². The van der Waals surface area contributed by atoms with Crippen molar-refractivity contribution < 1.29 is 14.4 Å². The minimum absolute atomic E-state index is 0.340. The molecule has 7 heteroatoms. The minimum atomic E-state index is -0.896. The summed E-state index contributed by atoms with van der Waals surface area (Å²) in [6.45, 7) is 1.73. The molecule has 0 bridgehead atoms. The van der Waals surface area contributed by atoms with Gasteiger partial charge in [0.05, 0.1) is 5.75 Å². The molecule has 1 N–H and O–H groups in total. The molecule has 0 aromatic carbocycles. The predicted octanol–water partition coefficient (Wildman–Crippen LogP) is 2.43. The van der Waals surface area contributed by atoms with Gasteiger partial charge in [0.25, 0.3) is 0 Å². The summed E-state index contributed by atoms with van der Waals surface area (Å²) in [6, 6.07) is 1.64. The molecule has 16 heavy (non-hydrogen) atoms. The maximum absolute atomic E-state index is 10.7. The van der Waals surface area contributed by atoms with E-state index in [0.29, 0.717) is 22.3 Å². The van der Waals surface area contributed by atoms with Gasteiger partial charge in [-0.25, -0.2) is 4.79 Å². The molecular formula is C9H8N2O3S2. The molecule has 2 aromatic rings. The second-order valence-corrected chi connectivity index (χ2v) is 4.93. The van der Waals surface area contributed by atoms with Crippen LogP contribution in [0.4, 0.5) is 0 Å². The van der Waals surface area contributed by atoms with Crippen molar-refractivity contribution in [3.8, 4) is 0 Å². The summed E-state index contributed by atoms with van der Waals surface area (Å²) in [4.78, 5) is 16.0. The zero-order chi connectivity index (χ0) is 11.5. The molecule has 0 saturated carbocycles. The van der Waals surface area contributed by atoms with Crippen LogP contribution in [0.5, 0.6) is 0 Å². The molecule has 0 aliphatic rings. The zero-order valence-electron chi connectivity index (χ0n) is 8.34. The van der Waals surface area contributed by atoms with Crippen molar-refractivity contribution in [1.29, 1.82) is 0 Å². The monoisotopic (exact) mass is 256 g/mol. The highest BCUT2D eigenvalue weighted by molar-refractivity contribution is 7.98. The lowest BCUT2D eigenvalue weighted by atomic mass is 10.5. The molecule has 0 fully saturated rings. The van der Waals surface area contributed by atoms with Gasteiger partial charge in [0, 0.05) is 17.2 Å². The SMILES string of the molecule is Cc1nc(CSc2csc(C(=O)O)c2)no1. The molecule has 0 amide bonds. The summed E-state index contributed by atoms with van der Waals surface area (Å²) in [5.74, 6) is 0.831. The molecule has 5 nitrogen and oxygen atoms in total. The van der Waals surface area contributed by atoms with Crippen LogP contribution in [0, 0.1) is 6.92 Å². The van der Waals surface area contributed by atoms with E-state index < -0.39 is 5.97 Å². The van der Waals surface area contributed by atoms with Crippen LogP contribution in [0.25, 0.3) is 0 Å². The average Bonchev–Trinajstić information content (AvgIpc) is 2.83. The maximum atomic E-state index is 10.7. The van der Waals surface area contributed by atoms with E-state index in [1.54, 1.807) is 18.4 Å². The van der Waals surface area contributed by atoms with Gasteiger partial charge in [-0.05, 0) is 6.07 Å². The quantitative estimate of drug-likeness (QED) is 0.847. The summed E-state index contributed by atoms with van der Waals surface area (Å²) in [7, 11) is 0. The fourth-order valence-corrected chi connectivity index (χ4v) is 2.77. The number of thioether (sulfide) groups is 1. The highest BCUT2D eigenvalue weighted by Gasteiger charge is 2.08. The largest absolute Gasteiger partial charge is 0.477 e. The lowest BCUT2D eigenvalue weighted by molar-refractivity contribution is 0.0702. The van der Waals surface area contributed by atoms with E-state index in [2.05, 4.69) is 10.1 Å². The van der Waals surface area contributed by atoms with Crippen LogP contribution in [0.3, 0.4) is 0 Å². The van der Waals surface area contributed by atoms with Crippen LogP contribution in [0.1, 0.15) is 21.4 Å². The molecular weight excluding hydrogens is 248 g/mol. The van der Waals surface area contributed by atoms with Gasteiger partial charge < -0.3 is 9.63 Å². The van der Waals surface area contributed by atoms with Crippen molar-refractivity contribution in [3.05, 3.63) is 28.0 Å². The number of hydrogen-bond donors (Lipinski definition) is 1. The second-order valence-electron chi connectivity index (χ2n) is 2.97. The average molecular weight is 256 g/mol. The van der Waals surface area contributed by atoms with Gasteiger partial charge in [0.1, 0.15) is 4.88 Å². The number of hydrogen-bond acceptors (Lipinski definition) is 6. The first-order valence-corrected chi connectivity index (χ1v) is 6.25. The Hall–Kier alpha value is -1.34. The Labute approximate surface area is 99.5 Å². The van der Waals surface area contributed by atoms with Gasteiger partial charge in [-0.3, -0.25) is 0 Å². The van der Waals surface area contributed by atoms with E-state index in [0.717, 1.165) is 4.90 Å². The predicted molar refractivity (Wildman–Crippen MR) is 59.9 cm³/mol. The van der Waals surface area contributed by atoms with Crippen LogP contribution in [-0.2, 0) is 5.75 Å². The van der Waals surface area contributed by atoms with Crippen molar-refractivity contribution in [2.45, 2.75) is 17.6 Å². The molecule has 0 saturated heterocycles. The number of aromatic carboxylic acids is 1. The molecule has 84 valence electrons. The van der Waals surface area contributed by atoms with Crippen LogP contribution < -0.4 is 0 Å². The summed E-state index contributed by atoms with van der Waals surface area (Å²) in [5, 5.41) is 14.3. The number of carboxylic acids is 1. The third-order valence-electron chi connectivity index (χ3n) is 1.72. The smallest absolute Gasteiger partial charge is 0.345 e. The number of aromatic nitrogens is 2. The van der Waals surface area contributed by atoms with E-state index in [1.807, 2.05) is 0 Å². The molecule has 0 spiro atoms. The van der Waals surface area contributed by atoms with Crippen LogP contribution in [0.2, 0.25) is 0 Å². The van der Waals surface area contributed by atoms with Gasteiger partial charge in [-0.2, -0.15) is 4.98 Å². The molecule has 0 atom stereocenters. The summed E-state index contributed by atoms with van der Waals surface area (Å²) >= 11 is 2.70. The highest BCUT2D eigenvalue weighted by Crippen LogP contribution is 2.26. The number of carboxylic acid groups (broad SMARTS) is 1. The van der Waals surface area contributed by atoms with E-state index >= 15 is 0 Å². The Morgan fingerprint density at radius 3 is 3.06 bits per heavy atom. The number of aryl methyl sites for hydroxylation is 1. The van der Waals surface area contributed by atoms with E-state index in [1.165, 1.54) is 23.1 Å². The molecule has 2 rings (SSSR count). The highest BCUT2D eigenvalue weighted by atomic mass is 32.2. The van der Waals surface area contributed by atoms with Crippen molar-refractivity contribution in [2.24, 2.45) is 0 Å². The minimum Gasteiger partial charge on any atom is -0.477 e. The Morgan fingerprint density at radius 1 is 1.69 bits per heavy atom. The Balaban J connectivity index is 1.97. The van der Waals surface area contributed by atoms with Gasteiger partial charge in [0.15, 0.2) is 5.82 Å². The topological polar surface area (TPSA) is 76.2 Å². The standard InChI is InChI=1S/C9H8N2O3S2/c1-5-10-8(11-14-5)4-15-6-2-7(9(12)13)16-3-6/h2-3H,4H2,1H3,(H,12,13). The molecule has 0 radical (unpaired) electrons. The third kappa shape index (κ3) is 2.61. The number of rotatable bonds is 4. The molecule has 2 heterocycles. The van der Waals surface area contributed by atoms with E-state index in [-0.39, 0.29) is 0 Å². The zero-order valence-corrected chi connectivity index (χ0v) is 9.97. The Bertz CT molecular complexity index is 506. The lowest BCUT2D eigenvalue weighted by Gasteiger charge is -1.91. The Kier molecular flexibility index (Phi) is 3.25. The van der Waals surface area contributed by atoms with Crippen molar-refractivity contribution >= 4 is 29.1 Å². The molecule has 2 aromatic heterocycles.